The maximum atomic E-state index is 12.0. The minimum Gasteiger partial charge on any atom is -0.396 e. The van der Waals surface area contributed by atoms with Crippen LogP contribution in [0.5, 0.6) is 0 Å². The Hall–Kier alpha value is -0.910. The Morgan fingerprint density at radius 1 is 1.42 bits per heavy atom. The van der Waals surface area contributed by atoms with E-state index in [9.17, 15) is 8.42 Å². The van der Waals surface area contributed by atoms with Gasteiger partial charge >= 0.3 is 0 Å². The van der Waals surface area contributed by atoms with Crippen molar-refractivity contribution in [1.82, 2.24) is 5.32 Å². The van der Waals surface area contributed by atoms with Crippen molar-refractivity contribution in [3.8, 4) is 0 Å². The summed E-state index contributed by atoms with van der Waals surface area (Å²) in [5.41, 5.74) is 0.879. The van der Waals surface area contributed by atoms with Gasteiger partial charge in [-0.1, -0.05) is 18.2 Å². The summed E-state index contributed by atoms with van der Waals surface area (Å²) in [6, 6.07) is 7.60. The van der Waals surface area contributed by atoms with E-state index >= 15 is 0 Å². The number of fused-ring (bicyclic) bond motifs is 1. The number of hydrogen-bond acceptors (Lipinski definition) is 4. The second-order valence-electron chi connectivity index (χ2n) is 5.13. The molecule has 19 heavy (non-hydrogen) atoms. The summed E-state index contributed by atoms with van der Waals surface area (Å²) in [5, 5.41) is 12.3. The van der Waals surface area contributed by atoms with Crippen LogP contribution in [0.1, 0.15) is 37.8 Å². The molecule has 0 saturated carbocycles. The lowest BCUT2D eigenvalue weighted by Crippen LogP contribution is -2.35. The van der Waals surface area contributed by atoms with Crippen LogP contribution in [-0.4, -0.2) is 31.9 Å². The maximum absolute atomic E-state index is 12.0. The Balaban J connectivity index is 2.16. The normalized spacial score (nSPS) is 22.7. The lowest BCUT2D eigenvalue weighted by Gasteiger charge is -2.29. The van der Waals surface area contributed by atoms with Crippen LogP contribution in [0.3, 0.4) is 0 Å². The highest BCUT2D eigenvalue weighted by Gasteiger charge is 2.30. The summed E-state index contributed by atoms with van der Waals surface area (Å²) < 4.78 is 24.0. The van der Waals surface area contributed by atoms with Crippen LogP contribution in [0.2, 0.25) is 0 Å². The van der Waals surface area contributed by atoms with Gasteiger partial charge in [0.2, 0.25) is 0 Å². The molecule has 2 rings (SSSR count). The first-order valence-electron chi connectivity index (χ1n) is 6.73. The van der Waals surface area contributed by atoms with Crippen molar-refractivity contribution in [2.45, 2.75) is 43.2 Å². The van der Waals surface area contributed by atoms with Gasteiger partial charge in [-0.2, -0.15) is 0 Å². The zero-order chi connectivity index (χ0) is 13.9. The highest BCUT2D eigenvalue weighted by Crippen LogP contribution is 2.32. The van der Waals surface area contributed by atoms with E-state index in [4.69, 9.17) is 5.11 Å². The third-order valence-corrected chi connectivity index (χ3v) is 5.40. The number of hydrogen-bond donors (Lipinski definition) is 2. The molecule has 4 nitrogen and oxygen atoms in total. The van der Waals surface area contributed by atoms with Crippen LogP contribution < -0.4 is 5.32 Å². The number of rotatable bonds is 5. The fourth-order valence-electron chi connectivity index (χ4n) is 2.59. The van der Waals surface area contributed by atoms with Gasteiger partial charge in [-0.3, -0.25) is 0 Å². The molecule has 2 N–H and O–H groups in total. The molecule has 0 amide bonds. The molecule has 5 heteroatoms. The standard InChI is InChI=1S/C14H21NO3S/c1-11(5-4-9-16)15-13-8-10-19(17,18)14-7-3-2-6-12(13)14/h2-3,6-7,11,13,15-16H,4-5,8-10H2,1H3. The fraction of sp³-hybridized carbons (Fsp3) is 0.571. The van der Waals surface area contributed by atoms with E-state index in [1.165, 1.54) is 0 Å². The number of sulfone groups is 1. The van der Waals surface area contributed by atoms with Crippen molar-refractivity contribution in [1.29, 1.82) is 0 Å². The number of benzene rings is 1. The molecule has 106 valence electrons. The quantitative estimate of drug-likeness (QED) is 0.862. The van der Waals surface area contributed by atoms with Gasteiger partial charge in [-0.05, 0) is 37.8 Å². The molecule has 0 aromatic heterocycles. The first-order valence-corrected chi connectivity index (χ1v) is 8.38. The maximum Gasteiger partial charge on any atom is 0.178 e. The molecule has 0 bridgehead atoms. The minimum atomic E-state index is -3.11. The molecule has 1 aromatic carbocycles. The summed E-state index contributed by atoms with van der Waals surface area (Å²) in [5.74, 6) is 0.203. The van der Waals surface area contributed by atoms with Crippen LogP contribution in [0, 0.1) is 0 Å². The first kappa shape index (κ1) is 14.5. The van der Waals surface area contributed by atoms with E-state index in [0.717, 1.165) is 18.4 Å². The highest BCUT2D eigenvalue weighted by molar-refractivity contribution is 7.91. The van der Waals surface area contributed by atoms with Crippen molar-refractivity contribution in [2.75, 3.05) is 12.4 Å². The molecule has 1 aliphatic rings. The summed E-state index contributed by atoms with van der Waals surface area (Å²) in [6.07, 6.45) is 2.27. The van der Waals surface area contributed by atoms with Crippen molar-refractivity contribution in [3.63, 3.8) is 0 Å². The summed E-state index contributed by atoms with van der Waals surface area (Å²) >= 11 is 0. The van der Waals surface area contributed by atoms with Crippen LogP contribution in [0.25, 0.3) is 0 Å². The molecule has 1 aliphatic heterocycles. The van der Waals surface area contributed by atoms with Gasteiger partial charge in [-0.25, -0.2) is 8.42 Å². The fourth-order valence-corrected chi connectivity index (χ4v) is 4.21. The smallest absolute Gasteiger partial charge is 0.178 e. The SMILES string of the molecule is CC(CCCO)NC1CCS(=O)(=O)c2ccccc21. The molecule has 2 unspecified atom stereocenters. The Morgan fingerprint density at radius 2 is 2.16 bits per heavy atom. The number of aliphatic hydroxyl groups is 1. The number of nitrogens with one attached hydrogen (secondary N) is 1. The van der Waals surface area contributed by atoms with Gasteiger partial charge < -0.3 is 10.4 Å². The molecular weight excluding hydrogens is 262 g/mol. The summed E-state index contributed by atoms with van der Waals surface area (Å²) in [4.78, 5) is 0.466. The third kappa shape index (κ3) is 3.35. The molecule has 2 atom stereocenters. The van der Waals surface area contributed by atoms with E-state index in [-0.39, 0.29) is 24.4 Å². The van der Waals surface area contributed by atoms with E-state index in [2.05, 4.69) is 12.2 Å². The second-order valence-corrected chi connectivity index (χ2v) is 7.21. The second kappa shape index (κ2) is 6.03. The molecular formula is C14H21NO3S. The Labute approximate surface area is 114 Å². The monoisotopic (exact) mass is 283 g/mol. The summed E-state index contributed by atoms with van der Waals surface area (Å²) in [6.45, 7) is 2.27. The lowest BCUT2D eigenvalue weighted by atomic mass is 10.0. The van der Waals surface area contributed by atoms with Crippen molar-refractivity contribution < 1.29 is 13.5 Å². The van der Waals surface area contributed by atoms with E-state index in [1.807, 2.05) is 12.1 Å². The van der Waals surface area contributed by atoms with Crippen LogP contribution in [0.4, 0.5) is 0 Å². The average Bonchev–Trinajstić information content (AvgIpc) is 2.40. The van der Waals surface area contributed by atoms with Gasteiger partial charge in [0.05, 0.1) is 10.6 Å². The zero-order valence-corrected chi connectivity index (χ0v) is 12.0. The third-order valence-electron chi connectivity index (χ3n) is 3.59. The molecule has 1 heterocycles. The van der Waals surface area contributed by atoms with Gasteiger partial charge in [0.1, 0.15) is 0 Å². The van der Waals surface area contributed by atoms with Crippen molar-refractivity contribution in [3.05, 3.63) is 29.8 Å². The predicted molar refractivity (Wildman–Crippen MR) is 74.8 cm³/mol. The first-order chi connectivity index (χ1) is 9.04. The van der Waals surface area contributed by atoms with Crippen molar-refractivity contribution in [2.24, 2.45) is 0 Å². The minimum absolute atomic E-state index is 0.0911. The Bertz CT molecular complexity index is 527. The molecule has 0 saturated heterocycles. The topological polar surface area (TPSA) is 66.4 Å². The average molecular weight is 283 g/mol. The summed E-state index contributed by atoms with van der Waals surface area (Å²) in [7, 11) is -3.11. The largest absolute Gasteiger partial charge is 0.396 e. The molecule has 0 fully saturated rings. The Morgan fingerprint density at radius 3 is 2.89 bits per heavy atom. The molecule has 0 aliphatic carbocycles. The predicted octanol–water partition coefficient (Wildman–Crippen LogP) is 1.66. The molecule has 1 aromatic rings. The van der Waals surface area contributed by atoms with E-state index in [0.29, 0.717) is 11.3 Å². The van der Waals surface area contributed by atoms with Crippen LogP contribution in [0.15, 0.2) is 29.2 Å². The molecule has 0 spiro atoms. The zero-order valence-electron chi connectivity index (χ0n) is 11.2. The van der Waals surface area contributed by atoms with E-state index < -0.39 is 9.84 Å². The van der Waals surface area contributed by atoms with Gasteiger partial charge in [-0.15, -0.1) is 0 Å². The van der Waals surface area contributed by atoms with E-state index in [1.54, 1.807) is 12.1 Å². The Kier molecular flexibility index (Phi) is 4.60. The van der Waals surface area contributed by atoms with Crippen LogP contribution in [-0.2, 0) is 9.84 Å². The molecule has 0 radical (unpaired) electrons. The number of aliphatic hydroxyl groups excluding tert-OH is 1. The lowest BCUT2D eigenvalue weighted by molar-refractivity contribution is 0.273. The van der Waals surface area contributed by atoms with Crippen molar-refractivity contribution >= 4 is 9.84 Å². The van der Waals surface area contributed by atoms with Crippen LogP contribution >= 0.6 is 0 Å². The van der Waals surface area contributed by atoms with Gasteiger partial charge in [0.15, 0.2) is 9.84 Å². The van der Waals surface area contributed by atoms with Gasteiger partial charge in [0, 0.05) is 18.7 Å². The highest BCUT2D eigenvalue weighted by atomic mass is 32.2. The van der Waals surface area contributed by atoms with Gasteiger partial charge in [0.25, 0.3) is 0 Å².